The molecule has 0 radical (unpaired) electrons. The highest BCUT2D eigenvalue weighted by molar-refractivity contribution is 7.91. The maximum atomic E-state index is 12.0. The van der Waals surface area contributed by atoms with Crippen LogP contribution in [0.1, 0.15) is 43.6 Å². The Labute approximate surface area is 152 Å². The molecule has 2 saturated heterocycles. The molecule has 3 aliphatic rings. The number of hydrogen-bond acceptors (Lipinski definition) is 7. The van der Waals surface area contributed by atoms with Gasteiger partial charge in [0.05, 0.1) is 23.6 Å². The van der Waals surface area contributed by atoms with Gasteiger partial charge < -0.3 is 0 Å². The Morgan fingerprint density at radius 1 is 1.19 bits per heavy atom. The van der Waals surface area contributed by atoms with Gasteiger partial charge in [0.1, 0.15) is 5.82 Å². The van der Waals surface area contributed by atoms with E-state index in [9.17, 15) is 8.42 Å². The molecule has 2 aromatic heterocycles. The first kappa shape index (κ1) is 16.3. The van der Waals surface area contributed by atoms with E-state index < -0.39 is 9.84 Å². The van der Waals surface area contributed by atoms with Crippen molar-refractivity contribution in [1.82, 2.24) is 30.6 Å². The zero-order chi connectivity index (χ0) is 17.7. The number of aromatic nitrogens is 4. The maximum absolute atomic E-state index is 12.0. The van der Waals surface area contributed by atoms with Crippen molar-refractivity contribution < 1.29 is 8.42 Å². The number of nitrogens with zero attached hydrogens (tertiary/aromatic N) is 4. The zero-order valence-electron chi connectivity index (χ0n) is 14.4. The molecule has 1 saturated carbocycles. The average Bonchev–Trinajstić information content (AvgIpc) is 3.37. The van der Waals surface area contributed by atoms with E-state index in [0.29, 0.717) is 24.2 Å². The molecule has 3 fully saturated rings. The quantitative estimate of drug-likeness (QED) is 0.827. The van der Waals surface area contributed by atoms with Gasteiger partial charge in [-0.05, 0) is 37.3 Å². The summed E-state index contributed by atoms with van der Waals surface area (Å²) in [5, 5.41) is 4.72. The van der Waals surface area contributed by atoms with Gasteiger partial charge in [-0.1, -0.05) is 6.42 Å². The Morgan fingerprint density at radius 3 is 2.88 bits per heavy atom. The third-order valence-electron chi connectivity index (χ3n) is 5.83. The molecule has 138 valence electrons. The Bertz CT molecular complexity index is 913. The highest BCUT2D eigenvalue weighted by Gasteiger charge is 2.43. The van der Waals surface area contributed by atoms with Crippen LogP contribution in [-0.2, 0) is 9.84 Å². The summed E-state index contributed by atoms with van der Waals surface area (Å²) in [5.74, 6) is 2.29. The van der Waals surface area contributed by atoms with Gasteiger partial charge in [0.15, 0.2) is 15.7 Å². The summed E-state index contributed by atoms with van der Waals surface area (Å²) >= 11 is 0. The van der Waals surface area contributed by atoms with Crippen LogP contribution in [0.2, 0.25) is 0 Å². The number of hydrogen-bond donors (Lipinski definition) is 2. The summed E-state index contributed by atoms with van der Waals surface area (Å²) in [5.41, 5.74) is 7.62. The number of pyridine rings is 1. The zero-order valence-corrected chi connectivity index (χ0v) is 15.2. The number of fused-ring (bicyclic) bond motifs is 1. The molecule has 0 amide bonds. The lowest BCUT2D eigenvalue weighted by Gasteiger charge is -2.19. The van der Waals surface area contributed by atoms with E-state index >= 15 is 0 Å². The molecule has 4 unspecified atom stereocenters. The predicted molar refractivity (Wildman–Crippen MR) is 95.7 cm³/mol. The van der Waals surface area contributed by atoms with Crippen molar-refractivity contribution in [3.05, 3.63) is 30.4 Å². The standard InChI is InChI=1S/C17H22N6O2S/c24-26(25)8-6-12(10-26)23-17(15-13-4-1-5-14(13)20-21-15)19-16(22-23)11-3-2-7-18-9-11/h2-3,7,9,12-15,20-21H,1,4-6,8,10H2. The minimum absolute atomic E-state index is 0.0590. The Morgan fingerprint density at radius 2 is 2.12 bits per heavy atom. The number of hydrazine groups is 1. The van der Waals surface area contributed by atoms with E-state index in [1.165, 1.54) is 6.42 Å². The van der Waals surface area contributed by atoms with Crippen LogP contribution in [0, 0.1) is 5.92 Å². The van der Waals surface area contributed by atoms with Crippen LogP contribution in [0.5, 0.6) is 0 Å². The van der Waals surface area contributed by atoms with Crippen LogP contribution in [0.3, 0.4) is 0 Å². The van der Waals surface area contributed by atoms with Crippen LogP contribution < -0.4 is 10.9 Å². The molecule has 2 aliphatic heterocycles. The highest BCUT2D eigenvalue weighted by atomic mass is 32.2. The van der Waals surface area contributed by atoms with Crippen molar-refractivity contribution in [2.24, 2.45) is 5.92 Å². The molecule has 4 heterocycles. The average molecular weight is 374 g/mol. The second kappa shape index (κ2) is 6.11. The molecule has 4 atom stereocenters. The summed E-state index contributed by atoms with van der Waals surface area (Å²) in [6, 6.07) is 4.16. The third kappa shape index (κ3) is 2.74. The lowest BCUT2D eigenvalue weighted by atomic mass is 9.96. The molecule has 8 nitrogen and oxygen atoms in total. The summed E-state index contributed by atoms with van der Waals surface area (Å²) in [6.45, 7) is 0. The fourth-order valence-electron chi connectivity index (χ4n) is 4.53. The molecule has 0 aromatic carbocycles. The van der Waals surface area contributed by atoms with Gasteiger partial charge in [0, 0.05) is 24.0 Å². The smallest absolute Gasteiger partial charge is 0.183 e. The second-order valence-electron chi connectivity index (χ2n) is 7.50. The summed E-state index contributed by atoms with van der Waals surface area (Å²) in [4.78, 5) is 8.99. The van der Waals surface area contributed by atoms with E-state index in [4.69, 9.17) is 10.1 Å². The van der Waals surface area contributed by atoms with Crippen molar-refractivity contribution in [3.63, 3.8) is 0 Å². The molecule has 2 aromatic rings. The van der Waals surface area contributed by atoms with Gasteiger partial charge in [-0.25, -0.2) is 23.5 Å². The molecule has 2 N–H and O–H groups in total. The molecule has 0 spiro atoms. The lowest BCUT2D eigenvalue weighted by molar-refractivity contribution is 0.388. The first-order valence-electron chi connectivity index (χ1n) is 9.19. The van der Waals surface area contributed by atoms with E-state index in [1.807, 2.05) is 16.8 Å². The predicted octanol–water partition coefficient (Wildman–Crippen LogP) is 1.02. The fraction of sp³-hybridized carbons (Fsp3) is 0.588. The van der Waals surface area contributed by atoms with E-state index in [1.54, 1.807) is 12.4 Å². The first-order chi connectivity index (χ1) is 12.6. The minimum Gasteiger partial charge on any atom is -0.264 e. The second-order valence-corrected chi connectivity index (χ2v) is 9.73. The fourth-order valence-corrected chi connectivity index (χ4v) is 6.22. The van der Waals surface area contributed by atoms with Gasteiger partial charge in [-0.3, -0.25) is 10.4 Å². The van der Waals surface area contributed by atoms with Gasteiger partial charge in [-0.15, -0.1) is 0 Å². The number of sulfone groups is 1. The highest BCUT2D eigenvalue weighted by Crippen LogP contribution is 2.40. The SMILES string of the molecule is O=S1(=O)CCC(n2nc(-c3cccnc3)nc2C2NNC3CCCC32)C1. The topological polar surface area (TPSA) is 102 Å². The van der Waals surface area contributed by atoms with E-state index in [2.05, 4.69) is 15.8 Å². The molecule has 1 aliphatic carbocycles. The van der Waals surface area contributed by atoms with Crippen LogP contribution in [-0.4, -0.2) is 45.7 Å². The molecule has 9 heteroatoms. The Balaban J connectivity index is 1.57. The van der Waals surface area contributed by atoms with Gasteiger partial charge in [0.25, 0.3) is 0 Å². The monoisotopic (exact) mass is 374 g/mol. The molecule has 0 bridgehead atoms. The summed E-state index contributed by atoms with van der Waals surface area (Å²) in [7, 11) is -2.99. The maximum Gasteiger partial charge on any atom is 0.183 e. The van der Waals surface area contributed by atoms with Crippen LogP contribution in [0.4, 0.5) is 0 Å². The molecule has 5 rings (SSSR count). The normalized spacial score (nSPS) is 32.8. The van der Waals surface area contributed by atoms with Crippen molar-refractivity contribution in [3.8, 4) is 11.4 Å². The lowest BCUT2D eigenvalue weighted by Crippen LogP contribution is -2.31. The molecular weight excluding hydrogens is 352 g/mol. The van der Waals surface area contributed by atoms with Crippen molar-refractivity contribution >= 4 is 9.84 Å². The van der Waals surface area contributed by atoms with Crippen LogP contribution in [0.25, 0.3) is 11.4 Å². The van der Waals surface area contributed by atoms with Gasteiger partial charge in [0.2, 0.25) is 0 Å². The first-order valence-corrected chi connectivity index (χ1v) is 11.0. The largest absolute Gasteiger partial charge is 0.264 e. The van der Waals surface area contributed by atoms with E-state index in [0.717, 1.165) is 24.2 Å². The molecular formula is C17H22N6O2S. The summed E-state index contributed by atoms with van der Waals surface area (Å²) < 4.78 is 25.9. The Kier molecular flexibility index (Phi) is 3.84. The van der Waals surface area contributed by atoms with Crippen molar-refractivity contribution in [2.75, 3.05) is 11.5 Å². The minimum atomic E-state index is -2.99. The number of rotatable bonds is 3. The Hall–Kier alpha value is -1.84. The van der Waals surface area contributed by atoms with Crippen LogP contribution >= 0.6 is 0 Å². The van der Waals surface area contributed by atoms with Crippen molar-refractivity contribution in [2.45, 2.75) is 43.8 Å². The van der Waals surface area contributed by atoms with Crippen LogP contribution in [0.15, 0.2) is 24.5 Å². The van der Waals surface area contributed by atoms with E-state index in [-0.39, 0.29) is 23.6 Å². The number of nitrogens with one attached hydrogen (secondary N) is 2. The van der Waals surface area contributed by atoms with Crippen molar-refractivity contribution in [1.29, 1.82) is 0 Å². The van der Waals surface area contributed by atoms with Gasteiger partial charge >= 0.3 is 0 Å². The van der Waals surface area contributed by atoms with Gasteiger partial charge in [-0.2, -0.15) is 5.10 Å². The summed E-state index contributed by atoms with van der Waals surface area (Å²) in [6.07, 6.45) is 7.58. The third-order valence-corrected chi connectivity index (χ3v) is 7.58. The molecule has 26 heavy (non-hydrogen) atoms.